The van der Waals surface area contributed by atoms with E-state index in [2.05, 4.69) is 0 Å². The van der Waals surface area contributed by atoms with Gasteiger partial charge in [0, 0.05) is 13.1 Å². The fraction of sp³-hybridized carbons (Fsp3) is 0.875. The molecule has 82 valence electrons. The van der Waals surface area contributed by atoms with Gasteiger partial charge in [-0.25, -0.2) is 0 Å². The first kappa shape index (κ1) is 11.6. The molecule has 1 unspecified atom stereocenters. The summed E-state index contributed by atoms with van der Waals surface area (Å²) in [5.74, 6) is -0.210. The van der Waals surface area contributed by atoms with Gasteiger partial charge in [-0.05, 0) is 36.4 Å². The van der Waals surface area contributed by atoms with Gasteiger partial charge in [-0.1, -0.05) is 0 Å². The molecule has 0 aromatic rings. The van der Waals surface area contributed by atoms with Gasteiger partial charge in [0.2, 0.25) is 5.91 Å². The summed E-state index contributed by atoms with van der Waals surface area (Å²) in [5, 5.41) is 0. The van der Waals surface area contributed by atoms with Crippen LogP contribution >= 0.6 is 0 Å². The molecule has 6 heteroatoms. The third-order valence-electron chi connectivity index (χ3n) is 2.54. The van der Waals surface area contributed by atoms with Crippen molar-refractivity contribution in [1.29, 1.82) is 0 Å². The van der Waals surface area contributed by atoms with Crippen molar-refractivity contribution in [2.45, 2.75) is 12.8 Å². The first-order chi connectivity index (χ1) is 6.63. The van der Waals surface area contributed by atoms with Crippen molar-refractivity contribution in [3.05, 3.63) is 0 Å². The molecule has 0 radical (unpaired) electrons. The van der Waals surface area contributed by atoms with Crippen LogP contribution in [-0.2, 0) is 15.9 Å². The Morgan fingerprint density at radius 2 is 2.07 bits per heavy atom. The molecular formula is C8H15N2O3S-. The maximum absolute atomic E-state index is 11.3. The van der Waals surface area contributed by atoms with Crippen LogP contribution in [0.4, 0.5) is 0 Å². The van der Waals surface area contributed by atoms with E-state index in [4.69, 9.17) is 5.73 Å². The number of nitrogens with zero attached hydrogens (tertiary/aromatic N) is 1. The zero-order valence-corrected chi connectivity index (χ0v) is 8.79. The lowest BCUT2D eigenvalue weighted by molar-refractivity contribution is -0.129. The highest BCUT2D eigenvalue weighted by molar-refractivity contribution is 7.79. The number of piperidine rings is 1. The molecule has 1 atom stereocenters. The third kappa shape index (κ3) is 3.36. The van der Waals surface area contributed by atoms with Crippen LogP contribution in [0.2, 0.25) is 0 Å². The predicted molar refractivity (Wildman–Crippen MR) is 52.1 cm³/mol. The zero-order chi connectivity index (χ0) is 10.6. The fourth-order valence-electron chi connectivity index (χ4n) is 1.61. The Morgan fingerprint density at radius 3 is 2.50 bits per heavy atom. The quantitative estimate of drug-likeness (QED) is 0.621. The molecule has 1 aliphatic heterocycles. The van der Waals surface area contributed by atoms with E-state index in [1.807, 2.05) is 0 Å². The molecule has 2 N–H and O–H groups in total. The summed E-state index contributed by atoms with van der Waals surface area (Å²) in [5.41, 5.74) is 5.50. The van der Waals surface area contributed by atoms with Crippen LogP contribution in [0.3, 0.4) is 0 Å². The summed E-state index contributed by atoms with van der Waals surface area (Å²) in [4.78, 5) is 12.9. The Balaban J connectivity index is 2.34. The average Bonchev–Trinajstić information content (AvgIpc) is 2.17. The van der Waals surface area contributed by atoms with E-state index in [-0.39, 0.29) is 5.91 Å². The van der Waals surface area contributed by atoms with E-state index in [0.717, 1.165) is 12.8 Å². The van der Waals surface area contributed by atoms with Crippen molar-refractivity contribution in [3.8, 4) is 0 Å². The molecule has 0 bridgehead atoms. The normalized spacial score (nSPS) is 20.9. The van der Waals surface area contributed by atoms with Gasteiger partial charge in [0.05, 0.1) is 5.75 Å². The van der Waals surface area contributed by atoms with Crippen molar-refractivity contribution in [2.75, 3.05) is 25.4 Å². The van der Waals surface area contributed by atoms with E-state index in [0.29, 0.717) is 25.6 Å². The summed E-state index contributed by atoms with van der Waals surface area (Å²) in [7, 11) is 0. The number of carbonyl (C=O) groups excluding carboxylic acids is 1. The lowest BCUT2D eigenvalue weighted by atomic mass is 9.97. The van der Waals surface area contributed by atoms with E-state index < -0.39 is 16.8 Å². The molecule has 0 saturated carbocycles. The smallest absolute Gasteiger partial charge is 0.234 e. The molecule has 0 aromatic heterocycles. The van der Waals surface area contributed by atoms with Crippen molar-refractivity contribution in [3.63, 3.8) is 0 Å². The van der Waals surface area contributed by atoms with E-state index in [9.17, 15) is 13.6 Å². The van der Waals surface area contributed by atoms with Crippen LogP contribution in [0.15, 0.2) is 0 Å². The average molecular weight is 219 g/mol. The standard InChI is InChI=1S/C8H16N2O3S/c9-5-7-1-3-10(4-2-7)8(11)6-14(12)13/h7H,1-6,9H2,(H,12,13)/p-1. The minimum atomic E-state index is -2.27. The molecule has 1 saturated heterocycles. The third-order valence-corrected chi connectivity index (χ3v) is 3.02. The maximum Gasteiger partial charge on any atom is 0.234 e. The number of carbonyl (C=O) groups is 1. The van der Waals surface area contributed by atoms with Crippen LogP contribution in [0.1, 0.15) is 12.8 Å². The number of amides is 1. The Hall–Kier alpha value is -0.460. The summed E-state index contributed by atoms with van der Waals surface area (Å²) in [6.45, 7) is 1.92. The number of nitrogens with two attached hydrogens (primary N) is 1. The molecule has 0 aliphatic carbocycles. The van der Waals surface area contributed by atoms with Gasteiger partial charge in [-0.2, -0.15) is 0 Å². The molecule has 1 amide bonds. The first-order valence-electron chi connectivity index (χ1n) is 4.67. The van der Waals surface area contributed by atoms with Crippen LogP contribution in [0.25, 0.3) is 0 Å². The Morgan fingerprint density at radius 1 is 1.50 bits per heavy atom. The summed E-state index contributed by atoms with van der Waals surface area (Å²) < 4.78 is 20.6. The summed E-state index contributed by atoms with van der Waals surface area (Å²) in [6, 6.07) is 0. The summed E-state index contributed by atoms with van der Waals surface area (Å²) >= 11 is -2.27. The second kappa shape index (κ2) is 5.43. The minimum absolute atomic E-state index is 0.297. The van der Waals surface area contributed by atoms with Crippen LogP contribution < -0.4 is 5.73 Å². The Labute approximate surface area is 85.9 Å². The monoisotopic (exact) mass is 219 g/mol. The molecule has 0 spiro atoms. The lowest BCUT2D eigenvalue weighted by Crippen LogP contribution is -2.41. The van der Waals surface area contributed by atoms with Gasteiger partial charge < -0.3 is 15.2 Å². The Bertz CT molecular complexity index is 227. The minimum Gasteiger partial charge on any atom is -0.772 e. The highest BCUT2D eigenvalue weighted by Crippen LogP contribution is 2.15. The molecule has 1 aliphatic rings. The van der Waals surface area contributed by atoms with E-state index >= 15 is 0 Å². The van der Waals surface area contributed by atoms with Crippen molar-refractivity contribution < 1.29 is 13.6 Å². The summed E-state index contributed by atoms with van der Waals surface area (Å²) in [6.07, 6.45) is 1.77. The molecule has 5 nitrogen and oxygen atoms in total. The number of likely N-dealkylation sites (tertiary alicyclic amines) is 1. The van der Waals surface area contributed by atoms with Crippen molar-refractivity contribution >= 4 is 17.0 Å². The second-order valence-corrected chi connectivity index (χ2v) is 4.40. The van der Waals surface area contributed by atoms with E-state index in [1.165, 1.54) is 0 Å². The molecule has 1 heterocycles. The molecule has 1 rings (SSSR count). The van der Waals surface area contributed by atoms with Gasteiger partial charge >= 0.3 is 0 Å². The van der Waals surface area contributed by atoms with Crippen molar-refractivity contribution in [1.82, 2.24) is 4.90 Å². The number of hydrogen-bond donors (Lipinski definition) is 1. The first-order valence-corrected chi connectivity index (χ1v) is 5.91. The van der Waals surface area contributed by atoms with Crippen LogP contribution in [-0.4, -0.2) is 45.0 Å². The largest absolute Gasteiger partial charge is 0.772 e. The van der Waals surface area contributed by atoms with Gasteiger partial charge in [0.25, 0.3) is 0 Å². The van der Waals surface area contributed by atoms with Gasteiger partial charge in [-0.3, -0.25) is 9.00 Å². The van der Waals surface area contributed by atoms with Crippen molar-refractivity contribution in [2.24, 2.45) is 11.7 Å². The highest BCUT2D eigenvalue weighted by Gasteiger charge is 2.21. The second-order valence-electron chi connectivity index (χ2n) is 3.51. The number of hydrogen-bond acceptors (Lipinski definition) is 4. The predicted octanol–water partition coefficient (Wildman–Crippen LogP) is -0.937. The highest BCUT2D eigenvalue weighted by atomic mass is 32.2. The van der Waals surface area contributed by atoms with Gasteiger partial charge in [-0.15, -0.1) is 0 Å². The maximum atomic E-state index is 11.3. The molecular weight excluding hydrogens is 204 g/mol. The lowest BCUT2D eigenvalue weighted by Gasteiger charge is -2.31. The van der Waals surface area contributed by atoms with Crippen LogP contribution in [0, 0.1) is 5.92 Å². The molecule has 1 fully saturated rings. The SMILES string of the molecule is NCC1CCN(C(=O)CS(=O)[O-])CC1. The zero-order valence-electron chi connectivity index (χ0n) is 7.98. The molecule has 14 heavy (non-hydrogen) atoms. The van der Waals surface area contributed by atoms with Crippen LogP contribution in [0.5, 0.6) is 0 Å². The van der Waals surface area contributed by atoms with Gasteiger partial charge in [0.15, 0.2) is 0 Å². The van der Waals surface area contributed by atoms with E-state index in [1.54, 1.807) is 4.90 Å². The number of rotatable bonds is 3. The van der Waals surface area contributed by atoms with Gasteiger partial charge in [0.1, 0.15) is 0 Å². The molecule has 0 aromatic carbocycles. The topological polar surface area (TPSA) is 86.5 Å². The Kier molecular flexibility index (Phi) is 4.50. The fourth-order valence-corrected chi connectivity index (χ4v) is 1.99.